The van der Waals surface area contributed by atoms with Crippen LogP contribution in [0.2, 0.25) is 0 Å². The van der Waals surface area contributed by atoms with Crippen molar-refractivity contribution in [3.63, 3.8) is 0 Å². The summed E-state index contributed by atoms with van der Waals surface area (Å²) < 4.78 is 0. The molecular weight excluding hydrogens is 566 g/mol. The molecule has 0 fully saturated rings. The van der Waals surface area contributed by atoms with Gasteiger partial charge in [0.15, 0.2) is 0 Å². The molecule has 0 aliphatic rings. The molecule has 0 radical (unpaired) electrons. The molecule has 0 bridgehead atoms. The number of nitrogens with zero attached hydrogens (tertiary/aromatic N) is 2. The summed E-state index contributed by atoms with van der Waals surface area (Å²) in [6, 6.07) is 58.0. The quantitative estimate of drug-likeness (QED) is 0.140. The van der Waals surface area contributed by atoms with Gasteiger partial charge in [-0.05, 0) is 93.7 Å². The molecule has 0 heterocycles. The molecule has 5 nitrogen and oxygen atoms in total. The zero-order chi connectivity index (χ0) is 31.5. The Kier molecular flexibility index (Phi) is 7.82. The third kappa shape index (κ3) is 5.87. The van der Waals surface area contributed by atoms with Crippen LogP contribution >= 0.6 is 0 Å². The molecule has 46 heavy (non-hydrogen) atoms. The molecule has 0 aliphatic heterocycles. The highest BCUT2D eigenvalue weighted by atomic mass is 16.6. The van der Waals surface area contributed by atoms with Crippen LogP contribution in [0.1, 0.15) is 0 Å². The lowest BCUT2D eigenvalue weighted by Crippen LogP contribution is -2.98. The van der Waals surface area contributed by atoms with Gasteiger partial charge in [-0.25, -0.2) is 0 Å². The molecule has 7 aromatic rings. The number of nitro groups is 1. The lowest BCUT2D eigenvalue weighted by Gasteiger charge is -2.26. The van der Waals surface area contributed by atoms with E-state index < -0.39 is 0 Å². The second-order valence-electron chi connectivity index (χ2n) is 11.3. The van der Waals surface area contributed by atoms with Crippen molar-refractivity contribution in [2.75, 3.05) is 11.9 Å². The average Bonchev–Trinajstić information content (AvgIpc) is 3.12. The Morgan fingerprint density at radius 3 is 1.61 bits per heavy atom. The first kappa shape index (κ1) is 28.7. The molecule has 0 aromatic heterocycles. The Morgan fingerprint density at radius 2 is 1.00 bits per heavy atom. The summed E-state index contributed by atoms with van der Waals surface area (Å²) in [5.41, 5.74) is 9.80. The molecular formula is C41H32N3O2+. The predicted octanol–water partition coefficient (Wildman–Crippen LogP) is 10.0. The van der Waals surface area contributed by atoms with Gasteiger partial charge in [-0.2, -0.15) is 0 Å². The Balaban J connectivity index is 1.19. The SMILES string of the molecule is C[NH+](c1ccc(-c2ccc(N(c3ccc(-c4ccccc4)cc3)c3ccc4ccccc4c3)cc2)cc1)c1cccc([N+](=O)[O-])c1. The maximum Gasteiger partial charge on any atom is 0.275 e. The molecule has 0 aliphatic carbocycles. The smallest absolute Gasteiger partial charge is 0.275 e. The summed E-state index contributed by atoms with van der Waals surface area (Å²) in [6.45, 7) is 0. The lowest BCUT2D eigenvalue weighted by molar-refractivity contribution is -0.735. The number of anilines is 3. The second kappa shape index (κ2) is 12.5. The van der Waals surface area contributed by atoms with Gasteiger partial charge in [0.1, 0.15) is 11.4 Å². The first-order chi connectivity index (χ1) is 22.5. The number of nitrogens with one attached hydrogen (secondary N) is 1. The van der Waals surface area contributed by atoms with Crippen LogP contribution in [0, 0.1) is 10.1 Å². The number of benzene rings is 7. The first-order valence-electron chi connectivity index (χ1n) is 15.3. The number of non-ortho nitro benzene ring substituents is 1. The van der Waals surface area contributed by atoms with Gasteiger partial charge < -0.3 is 4.90 Å². The van der Waals surface area contributed by atoms with Crippen molar-refractivity contribution in [1.82, 2.24) is 0 Å². The van der Waals surface area contributed by atoms with Crippen molar-refractivity contribution in [1.29, 1.82) is 0 Å². The first-order valence-corrected chi connectivity index (χ1v) is 15.3. The molecule has 5 heteroatoms. The monoisotopic (exact) mass is 598 g/mol. The highest BCUT2D eigenvalue weighted by Crippen LogP contribution is 2.38. The van der Waals surface area contributed by atoms with Crippen LogP contribution in [0.25, 0.3) is 33.0 Å². The molecule has 0 amide bonds. The molecule has 1 N–H and O–H groups in total. The van der Waals surface area contributed by atoms with E-state index in [2.05, 4.69) is 144 Å². The van der Waals surface area contributed by atoms with Crippen LogP contribution in [0.5, 0.6) is 0 Å². The summed E-state index contributed by atoms with van der Waals surface area (Å²) in [6.07, 6.45) is 0. The minimum absolute atomic E-state index is 0.0958. The molecule has 222 valence electrons. The standard InChI is InChI=1S/C41H31N3O2/c1-42(39-12-7-13-41(29-39)44(45)46)36-21-14-33(15-22-36)34-18-25-38(26-19-34)43(40-27-20-31-10-5-6-11-35(31)28-40)37-23-16-32(17-24-37)30-8-3-2-4-9-30/h2-29H,1H3/p+1. The van der Waals surface area contributed by atoms with Crippen molar-refractivity contribution in [3.8, 4) is 22.3 Å². The molecule has 0 saturated heterocycles. The van der Waals surface area contributed by atoms with Crippen molar-refractivity contribution < 1.29 is 9.82 Å². The highest BCUT2D eigenvalue weighted by Gasteiger charge is 2.16. The van der Waals surface area contributed by atoms with Crippen molar-refractivity contribution in [2.24, 2.45) is 0 Å². The van der Waals surface area contributed by atoms with Gasteiger partial charge in [0.05, 0.1) is 18.0 Å². The van der Waals surface area contributed by atoms with E-state index in [9.17, 15) is 10.1 Å². The molecule has 1 unspecified atom stereocenters. The third-order valence-electron chi connectivity index (χ3n) is 8.49. The van der Waals surface area contributed by atoms with Crippen molar-refractivity contribution in [2.45, 2.75) is 0 Å². The van der Waals surface area contributed by atoms with Crippen LogP contribution in [-0.2, 0) is 0 Å². The van der Waals surface area contributed by atoms with E-state index in [4.69, 9.17) is 0 Å². The summed E-state index contributed by atoms with van der Waals surface area (Å²) in [4.78, 5) is 14.2. The third-order valence-corrected chi connectivity index (χ3v) is 8.49. The summed E-state index contributed by atoms with van der Waals surface area (Å²) in [5, 5.41) is 13.7. The van der Waals surface area contributed by atoms with Crippen LogP contribution in [0.3, 0.4) is 0 Å². The number of fused-ring (bicyclic) bond motifs is 1. The number of hydrogen-bond donors (Lipinski definition) is 1. The minimum Gasteiger partial charge on any atom is -0.310 e. The fourth-order valence-corrected chi connectivity index (χ4v) is 5.93. The van der Waals surface area contributed by atoms with Gasteiger partial charge in [-0.15, -0.1) is 0 Å². The van der Waals surface area contributed by atoms with Crippen molar-refractivity contribution >= 4 is 44.9 Å². The lowest BCUT2D eigenvalue weighted by atomic mass is 10.0. The van der Waals surface area contributed by atoms with Crippen LogP contribution in [0.4, 0.5) is 34.1 Å². The van der Waals surface area contributed by atoms with Crippen molar-refractivity contribution in [3.05, 3.63) is 180 Å². The fraction of sp³-hybridized carbons (Fsp3) is 0.0244. The zero-order valence-electron chi connectivity index (χ0n) is 25.4. The number of hydrogen-bond acceptors (Lipinski definition) is 3. The molecule has 0 saturated carbocycles. The number of quaternary nitrogens is 1. The molecule has 0 spiro atoms. The van der Waals surface area contributed by atoms with E-state index in [0.717, 1.165) is 44.5 Å². The van der Waals surface area contributed by atoms with E-state index in [1.54, 1.807) is 12.1 Å². The summed E-state index contributed by atoms with van der Waals surface area (Å²) in [7, 11) is 2.00. The molecule has 7 aromatic carbocycles. The summed E-state index contributed by atoms with van der Waals surface area (Å²) in [5.74, 6) is 0. The molecule has 1 atom stereocenters. The number of rotatable bonds is 8. The maximum absolute atomic E-state index is 11.3. The van der Waals surface area contributed by atoms with Crippen LogP contribution < -0.4 is 9.80 Å². The normalized spacial score (nSPS) is 11.7. The second-order valence-corrected chi connectivity index (χ2v) is 11.3. The van der Waals surface area contributed by atoms with Crippen LogP contribution in [0.15, 0.2) is 170 Å². The van der Waals surface area contributed by atoms with Gasteiger partial charge >= 0.3 is 0 Å². The van der Waals surface area contributed by atoms with E-state index >= 15 is 0 Å². The highest BCUT2D eigenvalue weighted by molar-refractivity contribution is 5.89. The van der Waals surface area contributed by atoms with E-state index in [-0.39, 0.29) is 10.6 Å². The maximum atomic E-state index is 11.3. The number of nitro benzene ring substituents is 1. The average molecular weight is 599 g/mol. The van der Waals surface area contributed by atoms with Crippen LogP contribution in [-0.4, -0.2) is 12.0 Å². The van der Waals surface area contributed by atoms with Gasteiger partial charge in [-0.1, -0.05) is 84.9 Å². The predicted molar refractivity (Wildman–Crippen MR) is 189 cm³/mol. The van der Waals surface area contributed by atoms with E-state index in [1.165, 1.54) is 28.0 Å². The van der Waals surface area contributed by atoms with E-state index in [0.29, 0.717) is 0 Å². The fourth-order valence-electron chi connectivity index (χ4n) is 5.93. The Morgan fingerprint density at radius 1 is 0.478 bits per heavy atom. The zero-order valence-corrected chi connectivity index (χ0v) is 25.4. The summed E-state index contributed by atoms with van der Waals surface area (Å²) >= 11 is 0. The Hall–Kier alpha value is -6.04. The van der Waals surface area contributed by atoms with Gasteiger partial charge in [0.25, 0.3) is 5.69 Å². The largest absolute Gasteiger partial charge is 0.310 e. The Bertz CT molecular complexity index is 2130. The minimum atomic E-state index is -0.357. The molecule has 7 rings (SSSR count). The Labute approximate surface area is 268 Å². The van der Waals surface area contributed by atoms with E-state index in [1.807, 2.05) is 19.2 Å². The van der Waals surface area contributed by atoms with Gasteiger partial charge in [0, 0.05) is 35.3 Å². The topological polar surface area (TPSA) is 50.8 Å². The van der Waals surface area contributed by atoms with Gasteiger partial charge in [0.2, 0.25) is 0 Å². The van der Waals surface area contributed by atoms with Gasteiger partial charge in [-0.3, -0.25) is 15.0 Å².